The van der Waals surface area contributed by atoms with Crippen molar-refractivity contribution >= 4 is 75.8 Å². The van der Waals surface area contributed by atoms with Crippen LogP contribution in [0.1, 0.15) is 4.88 Å². The Morgan fingerprint density at radius 1 is 1.05 bits per heavy atom. The maximum absolute atomic E-state index is 11.3. The van der Waals surface area contributed by atoms with Crippen molar-refractivity contribution in [3.05, 3.63) is 46.3 Å². The second-order valence-corrected chi connectivity index (χ2v) is 8.31. The van der Waals surface area contributed by atoms with Crippen LogP contribution in [0, 0.1) is 0 Å². The third-order valence-corrected chi connectivity index (χ3v) is 6.67. The SMILES string of the molecule is O=c1[nH]c2cc(Br)c(NCc3cc(Br)c(Br)s3)cc2[nH]1. The molecule has 3 rings (SSSR count). The minimum atomic E-state index is -0.199. The number of anilines is 1. The Labute approximate surface area is 143 Å². The lowest BCUT2D eigenvalue weighted by atomic mass is 10.2. The molecule has 0 fully saturated rings. The van der Waals surface area contributed by atoms with Crippen molar-refractivity contribution in [1.29, 1.82) is 0 Å². The molecular formula is C12H8Br3N3OS. The number of thiophene rings is 1. The Morgan fingerprint density at radius 3 is 2.40 bits per heavy atom. The van der Waals surface area contributed by atoms with Crippen LogP contribution in [0.2, 0.25) is 0 Å². The lowest BCUT2D eigenvalue weighted by molar-refractivity contribution is 1.19. The van der Waals surface area contributed by atoms with Crippen molar-refractivity contribution in [3.8, 4) is 0 Å². The van der Waals surface area contributed by atoms with Gasteiger partial charge in [0, 0.05) is 20.4 Å². The molecule has 0 aliphatic carbocycles. The van der Waals surface area contributed by atoms with Crippen molar-refractivity contribution in [1.82, 2.24) is 9.97 Å². The van der Waals surface area contributed by atoms with Crippen LogP contribution in [-0.2, 0) is 6.54 Å². The number of benzene rings is 1. The van der Waals surface area contributed by atoms with Gasteiger partial charge in [0.15, 0.2) is 0 Å². The number of H-pyrrole nitrogens is 2. The van der Waals surface area contributed by atoms with Crippen LogP contribution in [0.3, 0.4) is 0 Å². The topological polar surface area (TPSA) is 60.7 Å². The van der Waals surface area contributed by atoms with Gasteiger partial charge in [-0.25, -0.2) is 4.79 Å². The van der Waals surface area contributed by atoms with E-state index in [1.165, 1.54) is 4.88 Å². The highest BCUT2D eigenvalue weighted by atomic mass is 79.9. The van der Waals surface area contributed by atoms with Crippen molar-refractivity contribution in [2.24, 2.45) is 0 Å². The molecule has 1 aromatic carbocycles. The van der Waals surface area contributed by atoms with Crippen LogP contribution >= 0.6 is 59.1 Å². The fourth-order valence-electron chi connectivity index (χ4n) is 1.85. The second-order valence-electron chi connectivity index (χ2n) is 4.14. The van der Waals surface area contributed by atoms with Gasteiger partial charge in [-0.15, -0.1) is 11.3 Å². The second kappa shape index (κ2) is 5.67. The van der Waals surface area contributed by atoms with Crippen molar-refractivity contribution in [2.75, 3.05) is 5.32 Å². The molecule has 20 heavy (non-hydrogen) atoms. The number of rotatable bonds is 3. The van der Waals surface area contributed by atoms with Crippen LogP contribution in [0.5, 0.6) is 0 Å². The van der Waals surface area contributed by atoms with Gasteiger partial charge in [-0.3, -0.25) is 0 Å². The highest BCUT2D eigenvalue weighted by Gasteiger charge is 2.07. The summed E-state index contributed by atoms with van der Waals surface area (Å²) in [6.07, 6.45) is 0. The molecule has 3 N–H and O–H groups in total. The molecule has 2 aromatic heterocycles. The fourth-order valence-corrected chi connectivity index (χ4v) is 4.45. The zero-order valence-corrected chi connectivity index (χ0v) is 15.5. The molecular weight excluding hydrogens is 474 g/mol. The van der Waals surface area contributed by atoms with E-state index in [0.29, 0.717) is 6.54 Å². The molecule has 0 saturated carbocycles. The first-order chi connectivity index (χ1) is 9.52. The predicted molar refractivity (Wildman–Crippen MR) is 93.7 cm³/mol. The number of hydrogen-bond acceptors (Lipinski definition) is 3. The molecule has 2 heterocycles. The lowest BCUT2D eigenvalue weighted by Crippen LogP contribution is -1.99. The van der Waals surface area contributed by atoms with E-state index >= 15 is 0 Å². The van der Waals surface area contributed by atoms with E-state index in [9.17, 15) is 4.79 Å². The number of halogens is 3. The third kappa shape index (κ3) is 2.88. The van der Waals surface area contributed by atoms with Gasteiger partial charge in [0.1, 0.15) is 0 Å². The van der Waals surface area contributed by atoms with Crippen molar-refractivity contribution in [2.45, 2.75) is 6.54 Å². The molecule has 0 bridgehead atoms. The van der Waals surface area contributed by atoms with E-state index in [4.69, 9.17) is 0 Å². The Morgan fingerprint density at radius 2 is 1.75 bits per heavy atom. The monoisotopic (exact) mass is 479 g/mol. The minimum absolute atomic E-state index is 0.199. The summed E-state index contributed by atoms with van der Waals surface area (Å²) in [7, 11) is 0. The Balaban J connectivity index is 1.86. The molecule has 0 unspecified atom stereocenters. The summed E-state index contributed by atoms with van der Waals surface area (Å²) in [4.78, 5) is 18.0. The molecule has 0 atom stereocenters. The Bertz CT molecular complexity index is 817. The van der Waals surface area contributed by atoms with Gasteiger partial charge in [0.05, 0.1) is 20.5 Å². The summed E-state index contributed by atoms with van der Waals surface area (Å²) in [6.45, 7) is 0.716. The van der Waals surface area contributed by atoms with E-state index in [1.807, 2.05) is 12.1 Å². The molecule has 0 spiro atoms. The average Bonchev–Trinajstić information content (AvgIpc) is 2.89. The van der Waals surface area contributed by atoms with E-state index in [-0.39, 0.29) is 5.69 Å². The van der Waals surface area contributed by atoms with Gasteiger partial charge >= 0.3 is 5.69 Å². The summed E-state index contributed by atoms with van der Waals surface area (Å²) < 4.78 is 3.05. The molecule has 4 nitrogen and oxygen atoms in total. The number of fused-ring (bicyclic) bond motifs is 1. The molecule has 0 radical (unpaired) electrons. The fraction of sp³-hybridized carbons (Fsp3) is 0.0833. The van der Waals surface area contributed by atoms with Gasteiger partial charge in [0.2, 0.25) is 0 Å². The highest BCUT2D eigenvalue weighted by molar-refractivity contribution is 9.13. The summed E-state index contributed by atoms with van der Waals surface area (Å²) >= 11 is 12.1. The molecule has 0 amide bonds. The first-order valence-electron chi connectivity index (χ1n) is 5.62. The summed E-state index contributed by atoms with van der Waals surface area (Å²) in [6, 6.07) is 5.87. The zero-order chi connectivity index (χ0) is 14.3. The normalized spacial score (nSPS) is 11.2. The van der Waals surface area contributed by atoms with Crippen LogP contribution in [-0.4, -0.2) is 9.97 Å². The Hall–Kier alpha value is -0.570. The minimum Gasteiger partial charge on any atom is -0.379 e. The average molecular weight is 482 g/mol. The Kier molecular flexibility index (Phi) is 4.07. The van der Waals surface area contributed by atoms with Crippen LogP contribution in [0.4, 0.5) is 5.69 Å². The molecule has 3 aromatic rings. The first-order valence-corrected chi connectivity index (χ1v) is 8.81. The quantitative estimate of drug-likeness (QED) is 0.502. The standard InChI is InChI=1S/C12H8Br3N3OS/c13-6-2-9-10(18-12(19)17-9)3-8(6)16-4-5-1-7(14)11(15)20-5/h1-3,16H,4H2,(H2,17,18,19). The molecule has 8 heteroatoms. The maximum atomic E-state index is 11.3. The van der Waals surface area contributed by atoms with Gasteiger partial charge in [-0.1, -0.05) is 0 Å². The van der Waals surface area contributed by atoms with E-state index in [1.54, 1.807) is 11.3 Å². The lowest BCUT2D eigenvalue weighted by Gasteiger charge is -2.07. The van der Waals surface area contributed by atoms with E-state index < -0.39 is 0 Å². The van der Waals surface area contributed by atoms with E-state index in [2.05, 4.69) is 69.1 Å². The summed E-state index contributed by atoms with van der Waals surface area (Å²) in [5, 5.41) is 3.36. The molecule has 0 aliphatic rings. The van der Waals surface area contributed by atoms with Crippen molar-refractivity contribution < 1.29 is 0 Å². The predicted octanol–water partition coefficient (Wildman–Crippen LogP) is 4.82. The largest absolute Gasteiger partial charge is 0.379 e. The van der Waals surface area contributed by atoms with Crippen LogP contribution < -0.4 is 11.0 Å². The van der Waals surface area contributed by atoms with Gasteiger partial charge < -0.3 is 15.3 Å². The van der Waals surface area contributed by atoms with Gasteiger partial charge in [0.25, 0.3) is 0 Å². The van der Waals surface area contributed by atoms with Crippen LogP contribution in [0.25, 0.3) is 11.0 Å². The number of nitrogens with one attached hydrogen (secondary N) is 3. The van der Waals surface area contributed by atoms with Crippen LogP contribution in [0.15, 0.2) is 35.7 Å². The molecule has 104 valence electrons. The van der Waals surface area contributed by atoms with Gasteiger partial charge in [-0.05, 0) is 66.0 Å². The number of hydrogen-bond donors (Lipinski definition) is 3. The number of aromatic nitrogens is 2. The van der Waals surface area contributed by atoms with Crippen molar-refractivity contribution in [3.63, 3.8) is 0 Å². The number of imidazole rings is 1. The summed E-state index contributed by atoms with van der Waals surface area (Å²) in [5.74, 6) is 0. The highest BCUT2D eigenvalue weighted by Crippen LogP contribution is 2.33. The molecule has 0 saturated heterocycles. The van der Waals surface area contributed by atoms with E-state index in [0.717, 1.165) is 29.5 Å². The third-order valence-electron chi connectivity index (χ3n) is 2.75. The first kappa shape index (κ1) is 14.4. The van der Waals surface area contributed by atoms with Gasteiger partial charge in [-0.2, -0.15) is 0 Å². The number of aromatic amines is 2. The molecule has 0 aliphatic heterocycles. The maximum Gasteiger partial charge on any atom is 0.323 e. The smallest absolute Gasteiger partial charge is 0.323 e. The zero-order valence-electron chi connectivity index (χ0n) is 9.89. The summed E-state index contributed by atoms with van der Waals surface area (Å²) in [5.41, 5.74) is 2.31.